The number of hydrogen-bond acceptors (Lipinski definition) is 5. The summed E-state index contributed by atoms with van der Waals surface area (Å²) in [7, 11) is 0. The van der Waals surface area contributed by atoms with Crippen molar-refractivity contribution < 1.29 is 19.1 Å². The SMILES string of the molecule is CCCCCCCCCCCCOC(=O)CCSCCC(=O)OCCCCCCCCCCCC.S. The fourth-order valence-corrected chi connectivity index (χ4v) is 4.93. The molecule has 0 spiro atoms. The van der Waals surface area contributed by atoms with Crippen LogP contribution in [0.25, 0.3) is 0 Å². The molecule has 0 aliphatic rings. The molecule has 0 aromatic heterocycles. The van der Waals surface area contributed by atoms with Crippen molar-refractivity contribution in [3.63, 3.8) is 0 Å². The van der Waals surface area contributed by atoms with E-state index in [0.29, 0.717) is 37.6 Å². The fourth-order valence-electron chi connectivity index (χ4n) is 4.11. The highest BCUT2D eigenvalue weighted by molar-refractivity contribution is 7.99. The highest BCUT2D eigenvalue weighted by atomic mass is 32.2. The zero-order valence-corrected chi connectivity index (χ0v) is 25.7. The number of carbonyl (C=O) groups is 2. The Labute approximate surface area is 235 Å². The first kappa shape index (κ1) is 37.8. The van der Waals surface area contributed by atoms with Gasteiger partial charge in [0.2, 0.25) is 0 Å². The number of rotatable bonds is 28. The van der Waals surface area contributed by atoms with E-state index in [1.165, 1.54) is 103 Å². The van der Waals surface area contributed by atoms with Crippen molar-refractivity contribution in [1.82, 2.24) is 0 Å². The van der Waals surface area contributed by atoms with Gasteiger partial charge < -0.3 is 9.47 Å². The Morgan fingerprint density at radius 3 is 1.06 bits per heavy atom. The zero-order valence-electron chi connectivity index (χ0n) is 23.9. The Balaban J connectivity index is 0. The first-order chi connectivity index (χ1) is 17.2. The largest absolute Gasteiger partial charge is 0.466 e. The first-order valence-corrected chi connectivity index (χ1v) is 16.2. The van der Waals surface area contributed by atoms with Gasteiger partial charge in [0, 0.05) is 11.5 Å². The lowest BCUT2D eigenvalue weighted by molar-refractivity contribution is -0.144. The first-order valence-electron chi connectivity index (χ1n) is 15.1. The molecule has 0 amide bonds. The van der Waals surface area contributed by atoms with Crippen LogP contribution in [0.1, 0.15) is 155 Å². The molecule has 0 rings (SSSR count). The Morgan fingerprint density at radius 1 is 0.472 bits per heavy atom. The van der Waals surface area contributed by atoms with Gasteiger partial charge in [0.05, 0.1) is 26.1 Å². The monoisotopic (exact) mass is 548 g/mol. The normalized spacial score (nSPS) is 10.7. The van der Waals surface area contributed by atoms with E-state index in [4.69, 9.17) is 9.47 Å². The van der Waals surface area contributed by atoms with E-state index >= 15 is 0 Å². The van der Waals surface area contributed by atoms with E-state index in [1.54, 1.807) is 11.8 Å². The number of unbranched alkanes of at least 4 members (excludes halogenated alkanes) is 18. The summed E-state index contributed by atoms with van der Waals surface area (Å²) in [4.78, 5) is 23.6. The molecule has 0 heterocycles. The van der Waals surface area contributed by atoms with Crippen molar-refractivity contribution in [1.29, 1.82) is 0 Å². The van der Waals surface area contributed by atoms with Crippen LogP contribution in [-0.4, -0.2) is 36.7 Å². The van der Waals surface area contributed by atoms with Crippen LogP contribution >= 0.6 is 25.3 Å². The minimum atomic E-state index is -0.114. The summed E-state index contributed by atoms with van der Waals surface area (Å²) in [5, 5.41) is 0. The van der Waals surface area contributed by atoms with Crippen molar-refractivity contribution in [2.24, 2.45) is 0 Å². The summed E-state index contributed by atoms with van der Waals surface area (Å²) in [6.07, 6.45) is 26.5. The minimum absolute atomic E-state index is 0. The van der Waals surface area contributed by atoms with Gasteiger partial charge >= 0.3 is 11.9 Å². The van der Waals surface area contributed by atoms with E-state index in [0.717, 1.165) is 25.7 Å². The van der Waals surface area contributed by atoms with Gasteiger partial charge in [0.25, 0.3) is 0 Å². The van der Waals surface area contributed by atoms with Crippen molar-refractivity contribution in [3.8, 4) is 0 Å². The van der Waals surface area contributed by atoms with E-state index in [1.807, 2.05) is 0 Å². The van der Waals surface area contributed by atoms with Crippen LogP contribution in [-0.2, 0) is 19.1 Å². The molecule has 4 nitrogen and oxygen atoms in total. The predicted molar refractivity (Wildman–Crippen MR) is 163 cm³/mol. The van der Waals surface area contributed by atoms with Gasteiger partial charge in [-0.05, 0) is 12.8 Å². The number of thioether (sulfide) groups is 1. The Kier molecular flexibility index (Phi) is 34.3. The molecule has 0 unspecified atom stereocenters. The van der Waals surface area contributed by atoms with E-state index in [2.05, 4.69) is 13.8 Å². The summed E-state index contributed by atoms with van der Waals surface area (Å²) in [5.41, 5.74) is 0. The quantitative estimate of drug-likeness (QED) is 0.0719. The molecule has 0 bridgehead atoms. The second-order valence-electron chi connectivity index (χ2n) is 9.92. The molecule has 0 saturated heterocycles. The lowest BCUT2D eigenvalue weighted by atomic mass is 10.1. The molecule has 0 aliphatic carbocycles. The topological polar surface area (TPSA) is 52.6 Å². The lowest BCUT2D eigenvalue weighted by Crippen LogP contribution is -2.09. The second-order valence-corrected chi connectivity index (χ2v) is 11.1. The molecule has 6 heteroatoms. The van der Waals surface area contributed by atoms with Gasteiger partial charge in [-0.25, -0.2) is 0 Å². The Morgan fingerprint density at radius 2 is 0.750 bits per heavy atom. The molecular formula is C30H60O4S2. The fraction of sp³-hybridized carbons (Fsp3) is 0.933. The van der Waals surface area contributed by atoms with Crippen molar-refractivity contribution in [2.75, 3.05) is 24.7 Å². The molecule has 216 valence electrons. The number of hydrogen-bond donors (Lipinski definition) is 0. The van der Waals surface area contributed by atoms with Gasteiger partial charge in [0.1, 0.15) is 0 Å². The third kappa shape index (κ3) is 31.7. The van der Waals surface area contributed by atoms with Crippen LogP contribution in [0.2, 0.25) is 0 Å². The third-order valence-corrected chi connectivity index (χ3v) is 7.41. The number of ether oxygens (including phenoxy) is 2. The van der Waals surface area contributed by atoms with Crippen LogP contribution < -0.4 is 0 Å². The van der Waals surface area contributed by atoms with Gasteiger partial charge in [-0.1, -0.05) is 129 Å². The Hall–Kier alpha value is -0.360. The minimum Gasteiger partial charge on any atom is -0.466 e. The molecule has 0 fully saturated rings. The molecule has 0 saturated carbocycles. The maximum atomic E-state index is 11.8. The highest BCUT2D eigenvalue weighted by Gasteiger charge is 2.06. The molecule has 0 radical (unpaired) electrons. The smallest absolute Gasteiger partial charge is 0.306 e. The summed E-state index contributed by atoms with van der Waals surface area (Å²) in [6, 6.07) is 0. The second kappa shape index (κ2) is 32.7. The van der Waals surface area contributed by atoms with Gasteiger partial charge in [0.15, 0.2) is 0 Å². The Bertz CT molecular complexity index is 420. The third-order valence-electron chi connectivity index (χ3n) is 6.42. The number of esters is 2. The molecular weight excluding hydrogens is 488 g/mol. The van der Waals surface area contributed by atoms with Crippen LogP contribution in [0.3, 0.4) is 0 Å². The van der Waals surface area contributed by atoms with Crippen molar-refractivity contribution in [3.05, 3.63) is 0 Å². The van der Waals surface area contributed by atoms with E-state index in [-0.39, 0.29) is 25.4 Å². The summed E-state index contributed by atoms with van der Waals surface area (Å²) in [5.74, 6) is 1.19. The molecule has 0 aromatic carbocycles. The predicted octanol–water partition coefficient (Wildman–Crippen LogP) is 9.54. The summed E-state index contributed by atoms with van der Waals surface area (Å²) in [6.45, 7) is 5.60. The number of carbonyl (C=O) groups excluding carboxylic acids is 2. The molecule has 0 N–H and O–H groups in total. The van der Waals surface area contributed by atoms with Crippen LogP contribution in [0.15, 0.2) is 0 Å². The van der Waals surface area contributed by atoms with Crippen molar-refractivity contribution in [2.45, 2.75) is 155 Å². The molecule has 0 aromatic rings. The van der Waals surface area contributed by atoms with Gasteiger partial charge in [-0.15, -0.1) is 0 Å². The molecule has 36 heavy (non-hydrogen) atoms. The van der Waals surface area contributed by atoms with Crippen LogP contribution in [0, 0.1) is 0 Å². The maximum absolute atomic E-state index is 11.8. The standard InChI is InChI=1S/C30H58O4S.H2S/c1-3-5-7-9-11-13-15-17-19-21-25-33-29(31)23-27-35-28-24-30(32)34-26-22-20-18-16-14-12-10-8-6-4-2;/h3-28H2,1-2H3;1H2. The lowest BCUT2D eigenvalue weighted by Gasteiger charge is -2.06. The average Bonchev–Trinajstić information content (AvgIpc) is 2.85. The van der Waals surface area contributed by atoms with E-state index in [9.17, 15) is 9.59 Å². The van der Waals surface area contributed by atoms with Crippen LogP contribution in [0.5, 0.6) is 0 Å². The summed E-state index contributed by atoms with van der Waals surface area (Å²) < 4.78 is 10.6. The summed E-state index contributed by atoms with van der Waals surface area (Å²) >= 11 is 1.63. The zero-order chi connectivity index (χ0) is 25.7. The van der Waals surface area contributed by atoms with Gasteiger partial charge in [-0.3, -0.25) is 9.59 Å². The average molecular weight is 549 g/mol. The van der Waals surface area contributed by atoms with Crippen molar-refractivity contribution >= 4 is 37.2 Å². The highest BCUT2D eigenvalue weighted by Crippen LogP contribution is 2.12. The molecule has 0 atom stereocenters. The molecule has 0 aliphatic heterocycles. The van der Waals surface area contributed by atoms with Gasteiger partial charge in [-0.2, -0.15) is 25.3 Å². The van der Waals surface area contributed by atoms with Crippen LogP contribution in [0.4, 0.5) is 0 Å². The maximum Gasteiger partial charge on any atom is 0.306 e. The van der Waals surface area contributed by atoms with E-state index < -0.39 is 0 Å².